The Kier molecular flexibility index (Phi) is 6.62. The fourth-order valence-electron chi connectivity index (χ4n) is 3.11. The van der Waals surface area contributed by atoms with Gasteiger partial charge in [-0.05, 0) is 53.7 Å². The summed E-state index contributed by atoms with van der Waals surface area (Å²) in [4.78, 5) is 26.7. The first-order chi connectivity index (χ1) is 15.5. The number of methoxy groups -OCH3 is 1. The second-order valence-corrected chi connectivity index (χ2v) is 8.60. The first-order valence-electron chi connectivity index (χ1n) is 9.54. The molecule has 1 aliphatic heterocycles. The maximum absolute atomic E-state index is 13.9. The lowest BCUT2D eigenvalue weighted by molar-refractivity contribution is -0.113. The van der Waals surface area contributed by atoms with Crippen LogP contribution in [0.25, 0.3) is 6.08 Å². The van der Waals surface area contributed by atoms with E-state index >= 15 is 0 Å². The smallest absolute Gasteiger partial charge is 0.298 e. The molecular weight excluding hydrogens is 497 g/mol. The number of imide groups is 1. The second-order valence-electron chi connectivity index (χ2n) is 6.76. The Morgan fingerprint density at radius 3 is 2.47 bits per heavy atom. The van der Waals surface area contributed by atoms with Crippen LogP contribution in [0.2, 0.25) is 0 Å². The van der Waals surface area contributed by atoms with Gasteiger partial charge in [0.2, 0.25) is 0 Å². The van der Waals surface area contributed by atoms with Gasteiger partial charge < -0.3 is 9.47 Å². The molecule has 0 N–H and O–H groups in total. The number of amides is 2. The number of carbonyl (C=O) groups is 2. The largest absolute Gasteiger partial charge is 0.493 e. The molecule has 0 aliphatic carbocycles. The highest BCUT2D eigenvalue weighted by atomic mass is 79.9. The Bertz CT molecular complexity index is 1220. The third kappa shape index (κ3) is 4.56. The number of hydrogen-bond acceptors (Lipinski definition) is 5. The van der Waals surface area contributed by atoms with Crippen LogP contribution in [0.4, 0.5) is 14.9 Å². The fourth-order valence-corrected chi connectivity index (χ4v) is 4.38. The molecule has 8 heteroatoms. The van der Waals surface area contributed by atoms with E-state index in [1.165, 1.54) is 13.2 Å². The normalized spacial score (nSPS) is 14.8. The molecule has 0 unspecified atom stereocenters. The molecular formula is C24H17BrFNO4S. The predicted octanol–water partition coefficient (Wildman–Crippen LogP) is 6.42. The summed E-state index contributed by atoms with van der Waals surface area (Å²) < 4.78 is 25.7. The molecule has 32 heavy (non-hydrogen) atoms. The van der Waals surface area contributed by atoms with Gasteiger partial charge in [-0.25, -0.2) is 9.29 Å². The van der Waals surface area contributed by atoms with E-state index in [1.807, 2.05) is 6.07 Å². The Balaban J connectivity index is 1.59. The highest BCUT2D eigenvalue weighted by molar-refractivity contribution is 9.10. The molecule has 0 radical (unpaired) electrons. The van der Waals surface area contributed by atoms with Crippen LogP contribution in [0.1, 0.15) is 11.1 Å². The van der Waals surface area contributed by atoms with Crippen molar-refractivity contribution in [1.82, 2.24) is 0 Å². The quantitative estimate of drug-likeness (QED) is 0.356. The van der Waals surface area contributed by atoms with E-state index in [1.54, 1.807) is 60.7 Å². The number of para-hydroxylation sites is 1. The van der Waals surface area contributed by atoms with Gasteiger partial charge in [0.1, 0.15) is 12.4 Å². The molecule has 1 aliphatic rings. The van der Waals surface area contributed by atoms with Crippen molar-refractivity contribution in [2.45, 2.75) is 6.61 Å². The third-order valence-corrected chi connectivity index (χ3v) is 6.28. The summed E-state index contributed by atoms with van der Waals surface area (Å²) in [7, 11) is 1.49. The molecule has 0 atom stereocenters. The van der Waals surface area contributed by atoms with E-state index in [4.69, 9.17) is 9.47 Å². The number of rotatable bonds is 6. The Labute approximate surface area is 197 Å². The summed E-state index contributed by atoms with van der Waals surface area (Å²) in [6.45, 7) is 0.0325. The van der Waals surface area contributed by atoms with E-state index in [0.717, 1.165) is 16.7 Å². The van der Waals surface area contributed by atoms with Crippen molar-refractivity contribution in [3.63, 3.8) is 0 Å². The Morgan fingerprint density at radius 2 is 1.75 bits per heavy atom. The highest BCUT2D eigenvalue weighted by Crippen LogP contribution is 2.39. The summed E-state index contributed by atoms with van der Waals surface area (Å²) >= 11 is 4.35. The molecule has 1 heterocycles. The molecule has 0 saturated carbocycles. The Morgan fingerprint density at radius 1 is 1.03 bits per heavy atom. The molecule has 5 nitrogen and oxygen atoms in total. The van der Waals surface area contributed by atoms with Gasteiger partial charge in [-0.15, -0.1) is 0 Å². The number of hydrogen-bond donors (Lipinski definition) is 0. The molecule has 0 spiro atoms. The first kappa shape index (κ1) is 22.1. The lowest BCUT2D eigenvalue weighted by Crippen LogP contribution is -2.27. The van der Waals surface area contributed by atoms with Crippen molar-refractivity contribution in [3.05, 3.63) is 93.1 Å². The minimum absolute atomic E-state index is 0.0325. The van der Waals surface area contributed by atoms with Gasteiger partial charge in [0.05, 0.1) is 17.7 Å². The van der Waals surface area contributed by atoms with Crippen LogP contribution in [-0.2, 0) is 11.4 Å². The number of halogens is 2. The predicted molar refractivity (Wildman–Crippen MR) is 126 cm³/mol. The van der Waals surface area contributed by atoms with Gasteiger partial charge >= 0.3 is 0 Å². The average Bonchev–Trinajstić information content (AvgIpc) is 3.08. The van der Waals surface area contributed by atoms with Crippen LogP contribution < -0.4 is 14.4 Å². The van der Waals surface area contributed by atoms with Crippen molar-refractivity contribution in [2.24, 2.45) is 0 Å². The van der Waals surface area contributed by atoms with E-state index in [0.29, 0.717) is 37.7 Å². The summed E-state index contributed by atoms with van der Waals surface area (Å²) in [5.41, 5.74) is 1.58. The van der Waals surface area contributed by atoms with Gasteiger partial charge in [0.25, 0.3) is 11.1 Å². The lowest BCUT2D eigenvalue weighted by Gasteiger charge is -2.13. The number of carbonyl (C=O) groups excluding carboxylic acids is 2. The van der Waals surface area contributed by atoms with Crippen molar-refractivity contribution in [3.8, 4) is 11.5 Å². The average molecular weight is 514 g/mol. The van der Waals surface area contributed by atoms with Crippen LogP contribution in [0.3, 0.4) is 0 Å². The maximum Gasteiger partial charge on any atom is 0.298 e. The van der Waals surface area contributed by atoms with Gasteiger partial charge in [0.15, 0.2) is 11.5 Å². The lowest BCUT2D eigenvalue weighted by atomic mass is 10.1. The number of benzene rings is 3. The molecule has 0 bridgehead atoms. The van der Waals surface area contributed by atoms with Crippen molar-refractivity contribution in [1.29, 1.82) is 0 Å². The van der Waals surface area contributed by atoms with Crippen LogP contribution in [0.5, 0.6) is 11.5 Å². The second kappa shape index (κ2) is 9.58. The Hall–Kier alpha value is -3.10. The van der Waals surface area contributed by atoms with E-state index in [-0.39, 0.29) is 17.7 Å². The van der Waals surface area contributed by atoms with E-state index in [9.17, 15) is 14.0 Å². The van der Waals surface area contributed by atoms with Crippen LogP contribution in [0.15, 0.2) is 76.1 Å². The molecule has 1 fully saturated rings. The van der Waals surface area contributed by atoms with E-state index in [2.05, 4.69) is 15.9 Å². The zero-order chi connectivity index (χ0) is 22.7. The van der Waals surface area contributed by atoms with E-state index < -0.39 is 5.91 Å². The zero-order valence-electron chi connectivity index (χ0n) is 16.9. The van der Waals surface area contributed by atoms with Gasteiger partial charge in [-0.1, -0.05) is 52.3 Å². The topological polar surface area (TPSA) is 55.8 Å². The zero-order valence-corrected chi connectivity index (χ0v) is 19.3. The van der Waals surface area contributed by atoms with Gasteiger partial charge in [-0.3, -0.25) is 9.59 Å². The fraction of sp³-hybridized carbons (Fsp3) is 0.0833. The van der Waals surface area contributed by atoms with Crippen LogP contribution >= 0.6 is 27.7 Å². The summed E-state index contributed by atoms with van der Waals surface area (Å²) in [6.07, 6.45) is 1.63. The van der Waals surface area contributed by atoms with Gasteiger partial charge in [0, 0.05) is 10.0 Å². The van der Waals surface area contributed by atoms with Crippen LogP contribution in [0, 0.1) is 5.82 Å². The molecule has 162 valence electrons. The molecule has 4 rings (SSSR count). The highest BCUT2D eigenvalue weighted by Gasteiger charge is 2.36. The summed E-state index contributed by atoms with van der Waals surface area (Å²) in [6, 6.07) is 18.5. The minimum atomic E-state index is -0.392. The summed E-state index contributed by atoms with van der Waals surface area (Å²) in [5, 5.41) is -0.361. The number of anilines is 1. The standard InChI is InChI=1S/C24H17BrFNO4S/c1-30-20-11-16(18(25)13-21(20)31-14-15-7-5-6-10-19(15)26)12-22-23(28)27(24(29)32-22)17-8-3-2-4-9-17/h2-13H,14H2,1H3/b22-12-. The molecule has 0 aromatic heterocycles. The van der Waals surface area contributed by atoms with Crippen molar-refractivity contribution < 1.29 is 23.5 Å². The number of nitrogens with zero attached hydrogens (tertiary/aromatic N) is 1. The van der Waals surface area contributed by atoms with Crippen molar-refractivity contribution in [2.75, 3.05) is 12.0 Å². The molecule has 1 saturated heterocycles. The monoisotopic (exact) mass is 513 g/mol. The molecule has 3 aromatic carbocycles. The van der Waals surface area contributed by atoms with Crippen LogP contribution in [-0.4, -0.2) is 18.3 Å². The molecule has 3 aromatic rings. The third-order valence-electron chi connectivity index (χ3n) is 4.72. The van der Waals surface area contributed by atoms with Gasteiger partial charge in [-0.2, -0.15) is 0 Å². The SMILES string of the molecule is COc1cc(/C=C2\SC(=O)N(c3ccccc3)C2=O)c(Br)cc1OCc1ccccc1F. The minimum Gasteiger partial charge on any atom is -0.493 e. The number of thioether (sulfide) groups is 1. The van der Waals surface area contributed by atoms with Crippen molar-refractivity contribution >= 4 is 50.6 Å². The molecule has 2 amide bonds. The first-order valence-corrected chi connectivity index (χ1v) is 11.2. The summed E-state index contributed by atoms with van der Waals surface area (Å²) in [5.74, 6) is 0.0866. The number of ether oxygens (including phenoxy) is 2. The maximum atomic E-state index is 13.9.